The standard InChI is InChI=1S/C16H26N2/c1-3-13-6-8-14(9-7-13)12-15(18-17)16(2)10-4-5-11-16/h6-9,15,18H,3-5,10-12,17H2,1-2H3. The molecule has 1 atom stereocenters. The molecule has 0 heterocycles. The summed E-state index contributed by atoms with van der Waals surface area (Å²) in [6.45, 7) is 4.57. The molecule has 2 heteroatoms. The van der Waals surface area contributed by atoms with Crippen LogP contribution in [0.25, 0.3) is 0 Å². The fourth-order valence-electron chi connectivity index (χ4n) is 3.18. The maximum atomic E-state index is 5.79. The van der Waals surface area contributed by atoms with Gasteiger partial charge in [0.05, 0.1) is 0 Å². The number of aryl methyl sites for hydroxylation is 1. The van der Waals surface area contributed by atoms with Crippen molar-refractivity contribution in [1.82, 2.24) is 5.43 Å². The molecule has 100 valence electrons. The molecule has 18 heavy (non-hydrogen) atoms. The molecule has 0 bridgehead atoms. The van der Waals surface area contributed by atoms with Gasteiger partial charge in [0.2, 0.25) is 0 Å². The molecule has 0 spiro atoms. The number of hydrazine groups is 1. The molecule has 1 aromatic rings. The average molecular weight is 246 g/mol. The van der Waals surface area contributed by atoms with Gasteiger partial charge in [-0.2, -0.15) is 0 Å². The highest BCUT2D eigenvalue weighted by Gasteiger charge is 2.36. The number of hydrogen-bond donors (Lipinski definition) is 2. The Kier molecular flexibility index (Phi) is 4.41. The number of rotatable bonds is 5. The van der Waals surface area contributed by atoms with Crippen molar-refractivity contribution in [3.8, 4) is 0 Å². The Morgan fingerprint density at radius 2 is 1.72 bits per heavy atom. The third-order valence-corrected chi connectivity index (χ3v) is 4.66. The molecule has 2 nitrogen and oxygen atoms in total. The van der Waals surface area contributed by atoms with Crippen LogP contribution in [0.3, 0.4) is 0 Å². The SMILES string of the molecule is CCc1ccc(CC(NN)C2(C)CCCC2)cc1. The summed E-state index contributed by atoms with van der Waals surface area (Å²) in [7, 11) is 0. The molecule has 2 rings (SSSR count). The van der Waals surface area contributed by atoms with Crippen LogP contribution in [0.15, 0.2) is 24.3 Å². The second-order valence-electron chi connectivity index (χ2n) is 5.95. The van der Waals surface area contributed by atoms with Gasteiger partial charge in [-0.1, -0.05) is 51.0 Å². The van der Waals surface area contributed by atoms with Crippen molar-refractivity contribution in [3.05, 3.63) is 35.4 Å². The Bertz CT molecular complexity index is 363. The van der Waals surface area contributed by atoms with Crippen molar-refractivity contribution in [2.75, 3.05) is 0 Å². The van der Waals surface area contributed by atoms with Crippen LogP contribution in [-0.4, -0.2) is 6.04 Å². The van der Waals surface area contributed by atoms with E-state index in [0.29, 0.717) is 11.5 Å². The Hall–Kier alpha value is -0.860. The van der Waals surface area contributed by atoms with Crippen LogP contribution in [0.2, 0.25) is 0 Å². The number of benzene rings is 1. The van der Waals surface area contributed by atoms with Gasteiger partial charge in [0.15, 0.2) is 0 Å². The van der Waals surface area contributed by atoms with E-state index in [1.165, 1.54) is 36.8 Å². The Labute approximate surface area is 111 Å². The van der Waals surface area contributed by atoms with Crippen LogP contribution in [-0.2, 0) is 12.8 Å². The summed E-state index contributed by atoms with van der Waals surface area (Å²) in [5, 5.41) is 0. The van der Waals surface area contributed by atoms with E-state index in [0.717, 1.165) is 12.8 Å². The van der Waals surface area contributed by atoms with E-state index < -0.39 is 0 Å². The van der Waals surface area contributed by atoms with E-state index in [2.05, 4.69) is 43.5 Å². The minimum atomic E-state index is 0.373. The van der Waals surface area contributed by atoms with Gasteiger partial charge < -0.3 is 0 Å². The Morgan fingerprint density at radius 1 is 1.17 bits per heavy atom. The zero-order valence-corrected chi connectivity index (χ0v) is 11.7. The largest absolute Gasteiger partial charge is 0.271 e. The molecule has 1 unspecified atom stereocenters. The van der Waals surface area contributed by atoms with Gasteiger partial charge in [-0.25, -0.2) is 0 Å². The quantitative estimate of drug-likeness (QED) is 0.618. The first-order valence-electron chi connectivity index (χ1n) is 7.22. The molecule has 1 saturated carbocycles. The summed E-state index contributed by atoms with van der Waals surface area (Å²) in [4.78, 5) is 0. The highest BCUT2D eigenvalue weighted by atomic mass is 15.2. The first-order valence-corrected chi connectivity index (χ1v) is 7.22. The van der Waals surface area contributed by atoms with Crippen molar-refractivity contribution in [1.29, 1.82) is 0 Å². The summed E-state index contributed by atoms with van der Waals surface area (Å²) >= 11 is 0. The van der Waals surface area contributed by atoms with Crippen LogP contribution in [0, 0.1) is 5.41 Å². The molecule has 1 fully saturated rings. The summed E-state index contributed by atoms with van der Waals surface area (Å²) in [6.07, 6.45) is 7.45. The molecule has 3 N–H and O–H groups in total. The molecule has 1 aliphatic rings. The lowest BCUT2D eigenvalue weighted by molar-refractivity contribution is 0.221. The van der Waals surface area contributed by atoms with E-state index in [-0.39, 0.29) is 0 Å². The van der Waals surface area contributed by atoms with Crippen LogP contribution >= 0.6 is 0 Å². The lowest BCUT2D eigenvalue weighted by atomic mass is 9.78. The Balaban J connectivity index is 2.05. The van der Waals surface area contributed by atoms with Gasteiger partial charge in [0, 0.05) is 6.04 Å². The summed E-state index contributed by atoms with van der Waals surface area (Å²) in [5.41, 5.74) is 6.23. The highest BCUT2D eigenvalue weighted by molar-refractivity contribution is 5.23. The smallest absolute Gasteiger partial charge is 0.0304 e. The van der Waals surface area contributed by atoms with Crippen LogP contribution < -0.4 is 11.3 Å². The number of nitrogens with one attached hydrogen (secondary N) is 1. The van der Waals surface area contributed by atoms with Crippen molar-refractivity contribution in [2.24, 2.45) is 11.3 Å². The molecule has 0 radical (unpaired) electrons. The van der Waals surface area contributed by atoms with Gasteiger partial charge in [0.25, 0.3) is 0 Å². The third-order valence-electron chi connectivity index (χ3n) is 4.66. The zero-order valence-electron chi connectivity index (χ0n) is 11.7. The molecule has 1 aromatic carbocycles. The Morgan fingerprint density at radius 3 is 2.22 bits per heavy atom. The summed E-state index contributed by atoms with van der Waals surface area (Å²) in [6, 6.07) is 9.37. The maximum absolute atomic E-state index is 5.79. The average Bonchev–Trinajstić information content (AvgIpc) is 2.84. The molecule has 0 aromatic heterocycles. The number of nitrogens with two attached hydrogens (primary N) is 1. The van der Waals surface area contributed by atoms with Crippen LogP contribution in [0.1, 0.15) is 50.7 Å². The second kappa shape index (κ2) is 5.85. The normalized spacial score (nSPS) is 19.9. The van der Waals surface area contributed by atoms with Crippen LogP contribution in [0.5, 0.6) is 0 Å². The minimum absolute atomic E-state index is 0.373. The summed E-state index contributed by atoms with van der Waals surface area (Å²) in [5.74, 6) is 5.79. The second-order valence-corrected chi connectivity index (χ2v) is 5.95. The lowest BCUT2D eigenvalue weighted by Crippen LogP contribution is -2.47. The molecule has 1 aliphatic carbocycles. The van der Waals surface area contributed by atoms with E-state index in [1.54, 1.807) is 0 Å². The lowest BCUT2D eigenvalue weighted by Gasteiger charge is -2.33. The molecule has 0 aliphatic heterocycles. The third kappa shape index (κ3) is 2.93. The summed E-state index contributed by atoms with van der Waals surface area (Å²) < 4.78 is 0. The monoisotopic (exact) mass is 246 g/mol. The molecular formula is C16H26N2. The first-order chi connectivity index (χ1) is 8.68. The zero-order chi connectivity index (χ0) is 13.0. The minimum Gasteiger partial charge on any atom is -0.271 e. The van der Waals surface area contributed by atoms with Gasteiger partial charge in [0.1, 0.15) is 0 Å². The fraction of sp³-hybridized carbons (Fsp3) is 0.625. The van der Waals surface area contributed by atoms with Crippen molar-refractivity contribution >= 4 is 0 Å². The van der Waals surface area contributed by atoms with Gasteiger partial charge in [-0.05, 0) is 42.2 Å². The first kappa shape index (κ1) is 13.6. The van der Waals surface area contributed by atoms with Crippen molar-refractivity contribution in [2.45, 2.75) is 58.4 Å². The predicted octanol–water partition coefficient (Wildman–Crippen LogP) is 3.20. The molecule has 0 amide bonds. The highest BCUT2D eigenvalue weighted by Crippen LogP contribution is 2.41. The van der Waals surface area contributed by atoms with E-state index in [1.807, 2.05) is 0 Å². The fourth-order valence-corrected chi connectivity index (χ4v) is 3.18. The van der Waals surface area contributed by atoms with E-state index in [4.69, 9.17) is 5.84 Å². The van der Waals surface area contributed by atoms with Gasteiger partial charge in [-0.15, -0.1) is 0 Å². The van der Waals surface area contributed by atoms with Crippen molar-refractivity contribution < 1.29 is 0 Å². The van der Waals surface area contributed by atoms with Crippen LogP contribution in [0.4, 0.5) is 0 Å². The molecular weight excluding hydrogens is 220 g/mol. The van der Waals surface area contributed by atoms with E-state index in [9.17, 15) is 0 Å². The van der Waals surface area contributed by atoms with Gasteiger partial charge >= 0.3 is 0 Å². The topological polar surface area (TPSA) is 38.0 Å². The van der Waals surface area contributed by atoms with Gasteiger partial charge in [-0.3, -0.25) is 11.3 Å². The predicted molar refractivity (Wildman–Crippen MR) is 77.2 cm³/mol. The molecule has 0 saturated heterocycles. The van der Waals surface area contributed by atoms with Crippen molar-refractivity contribution in [3.63, 3.8) is 0 Å². The van der Waals surface area contributed by atoms with E-state index >= 15 is 0 Å². The number of hydrogen-bond acceptors (Lipinski definition) is 2. The maximum Gasteiger partial charge on any atom is 0.0304 e.